The van der Waals surface area contributed by atoms with Gasteiger partial charge in [0.25, 0.3) is 0 Å². The van der Waals surface area contributed by atoms with Gasteiger partial charge in [-0.05, 0) is 31.6 Å². The molecule has 34 heavy (non-hydrogen) atoms. The lowest BCUT2D eigenvalue weighted by atomic mass is 9.82. The van der Waals surface area contributed by atoms with Crippen LogP contribution in [0.4, 0.5) is 17.8 Å². The molecule has 2 saturated heterocycles. The molecule has 0 bridgehead atoms. The molecule has 0 unspecified atom stereocenters. The Morgan fingerprint density at radius 3 is 1.82 bits per heavy atom. The SMILES string of the molecule is C[N+](C)(CC1CCC(CNc2nc(N3CCOCC3)nc(N3CCOCC3)n2)CC1)S(N)(=O)=O. The molecule has 1 aliphatic carbocycles. The number of ether oxygens (including phenoxy) is 2. The van der Waals surface area contributed by atoms with Gasteiger partial charge in [0.1, 0.15) is 0 Å². The fraction of sp³-hybridized carbons (Fsp3) is 0.857. The summed E-state index contributed by atoms with van der Waals surface area (Å²) in [5.74, 6) is 2.84. The van der Waals surface area contributed by atoms with Crippen molar-refractivity contribution in [2.24, 2.45) is 17.0 Å². The first-order chi connectivity index (χ1) is 16.2. The highest BCUT2D eigenvalue weighted by molar-refractivity contribution is 7.83. The molecule has 192 valence electrons. The third-order valence-corrected chi connectivity index (χ3v) is 8.63. The molecule has 1 saturated carbocycles. The Labute approximate surface area is 202 Å². The van der Waals surface area contributed by atoms with Crippen LogP contribution >= 0.6 is 0 Å². The summed E-state index contributed by atoms with van der Waals surface area (Å²) in [4.78, 5) is 18.5. The van der Waals surface area contributed by atoms with Crippen molar-refractivity contribution in [1.82, 2.24) is 15.0 Å². The Balaban J connectivity index is 1.36. The summed E-state index contributed by atoms with van der Waals surface area (Å²) < 4.78 is 34.5. The molecule has 0 radical (unpaired) electrons. The predicted octanol–water partition coefficient (Wildman–Crippen LogP) is 0.0430. The maximum Gasteiger partial charge on any atom is 0.367 e. The minimum Gasteiger partial charge on any atom is -0.378 e. The number of hydrogen-bond acceptors (Lipinski definition) is 10. The van der Waals surface area contributed by atoms with E-state index in [1.54, 1.807) is 14.1 Å². The van der Waals surface area contributed by atoms with E-state index in [1.807, 2.05) is 0 Å². The van der Waals surface area contributed by atoms with Gasteiger partial charge in [0.2, 0.25) is 17.8 Å². The molecule has 0 spiro atoms. The number of nitrogens with two attached hydrogens (primary N) is 1. The van der Waals surface area contributed by atoms with Gasteiger partial charge >= 0.3 is 10.2 Å². The summed E-state index contributed by atoms with van der Waals surface area (Å²) in [7, 11) is -0.272. The quantitative estimate of drug-likeness (QED) is 0.472. The lowest BCUT2D eigenvalue weighted by Crippen LogP contribution is -2.52. The summed E-state index contributed by atoms with van der Waals surface area (Å²) in [6.45, 7) is 7.10. The van der Waals surface area contributed by atoms with Crippen LogP contribution in [-0.4, -0.2) is 107 Å². The highest BCUT2D eigenvalue weighted by atomic mass is 32.2. The maximum atomic E-state index is 11.8. The van der Waals surface area contributed by atoms with Crippen LogP contribution in [0.2, 0.25) is 0 Å². The average Bonchev–Trinajstić information content (AvgIpc) is 2.84. The standard InChI is InChI=1S/C21H39N8O4S/c1-29(2,34(22,30)31)16-18-5-3-17(4-6-18)15-23-19-24-20(27-7-11-32-12-8-27)26-21(25-19)28-9-13-33-14-10-28/h17-18H,3-16H2,1-2H3,(H2,22,30,31)(H,23,24,25,26)/q+1. The Bertz CT molecular complexity index is 875. The van der Waals surface area contributed by atoms with Crippen LogP contribution in [-0.2, 0) is 19.7 Å². The van der Waals surface area contributed by atoms with E-state index in [-0.39, 0.29) is 3.89 Å². The largest absolute Gasteiger partial charge is 0.378 e. The first kappa shape index (κ1) is 25.3. The van der Waals surface area contributed by atoms with Crippen molar-refractivity contribution < 1.29 is 21.8 Å². The molecule has 4 rings (SSSR count). The normalized spacial score (nSPS) is 24.8. The second kappa shape index (κ2) is 10.9. The van der Waals surface area contributed by atoms with Crippen LogP contribution in [0.25, 0.3) is 0 Å². The highest BCUT2D eigenvalue weighted by Crippen LogP contribution is 2.31. The maximum absolute atomic E-state index is 11.8. The van der Waals surface area contributed by atoms with Crippen molar-refractivity contribution in [1.29, 1.82) is 0 Å². The molecule has 2 aliphatic heterocycles. The van der Waals surface area contributed by atoms with Crippen molar-refractivity contribution in [2.75, 3.05) is 94.9 Å². The molecule has 0 aromatic carbocycles. The summed E-state index contributed by atoms with van der Waals surface area (Å²) in [6.07, 6.45) is 4.08. The van der Waals surface area contributed by atoms with Crippen molar-refractivity contribution in [3.05, 3.63) is 0 Å². The number of nitrogens with zero attached hydrogens (tertiary/aromatic N) is 6. The van der Waals surface area contributed by atoms with E-state index in [4.69, 9.17) is 29.6 Å². The first-order valence-corrected chi connectivity index (χ1v) is 13.7. The van der Waals surface area contributed by atoms with Crippen molar-refractivity contribution in [2.45, 2.75) is 25.7 Å². The molecule has 1 aromatic heterocycles. The van der Waals surface area contributed by atoms with Crippen LogP contribution in [0.1, 0.15) is 25.7 Å². The number of morpholine rings is 2. The van der Waals surface area contributed by atoms with Gasteiger partial charge in [-0.1, -0.05) is 0 Å². The third kappa shape index (κ3) is 6.45. The Kier molecular flexibility index (Phi) is 8.08. The fourth-order valence-corrected chi connectivity index (χ4v) is 5.24. The van der Waals surface area contributed by atoms with Gasteiger partial charge in [-0.25, -0.2) is 3.89 Å². The van der Waals surface area contributed by atoms with Crippen LogP contribution in [0, 0.1) is 11.8 Å². The van der Waals surface area contributed by atoms with E-state index in [0.717, 1.165) is 58.4 Å². The van der Waals surface area contributed by atoms with E-state index < -0.39 is 10.2 Å². The van der Waals surface area contributed by atoms with Crippen molar-refractivity contribution in [3.63, 3.8) is 0 Å². The number of anilines is 3. The molecule has 12 nitrogen and oxygen atoms in total. The molecular formula is C21H39N8O4S+. The summed E-state index contributed by atoms with van der Waals surface area (Å²) in [5, 5.41) is 8.86. The van der Waals surface area contributed by atoms with Gasteiger partial charge in [0.15, 0.2) is 0 Å². The van der Waals surface area contributed by atoms with E-state index in [0.29, 0.717) is 62.7 Å². The molecule has 3 fully saturated rings. The molecule has 3 aliphatic rings. The Morgan fingerprint density at radius 1 is 0.882 bits per heavy atom. The van der Waals surface area contributed by atoms with Crippen LogP contribution in [0.15, 0.2) is 0 Å². The Hall–Kier alpha value is -1.80. The molecule has 0 atom stereocenters. The minimum atomic E-state index is -3.61. The molecule has 3 N–H and O–H groups in total. The second-order valence-corrected chi connectivity index (χ2v) is 12.0. The fourth-order valence-electron chi connectivity index (χ4n) is 4.82. The van der Waals surface area contributed by atoms with Gasteiger partial charge in [-0.2, -0.15) is 28.5 Å². The van der Waals surface area contributed by atoms with E-state index >= 15 is 0 Å². The Morgan fingerprint density at radius 2 is 1.35 bits per heavy atom. The molecule has 13 heteroatoms. The van der Waals surface area contributed by atoms with Crippen LogP contribution in [0.5, 0.6) is 0 Å². The predicted molar refractivity (Wildman–Crippen MR) is 130 cm³/mol. The summed E-state index contributed by atoms with van der Waals surface area (Å²) in [6, 6.07) is 0. The topological polar surface area (TPSA) is 136 Å². The van der Waals surface area contributed by atoms with E-state index in [9.17, 15) is 8.42 Å². The van der Waals surface area contributed by atoms with Gasteiger partial charge in [-0.15, -0.1) is 0 Å². The van der Waals surface area contributed by atoms with Gasteiger partial charge in [0, 0.05) is 38.6 Å². The van der Waals surface area contributed by atoms with E-state index in [1.165, 1.54) is 0 Å². The third-order valence-electron chi connectivity index (χ3n) is 7.10. The van der Waals surface area contributed by atoms with Crippen molar-refractivity contribution in [3.8, 4) is 0 Å². The minimum absolute atomic E-state index is 0.167. The molecule has 3 heterocycles. The zero-order valence-corrected chi connectivity index (χ0v) is 21.2. The molecule has 0 amide bonds. The highest BCUT2D eigenvalue weighted by Gasteiger charge is 2.34. The average molecular weight is 500 g/mol. The van der Waals surface area contributed by atoms with Gasteiger partial charge in [0.05, 0.1) is 47.1 Å². The number of quaternary nitrogens is 1. The van der Waals surface area contributed by atoms with Crippen LogP contribution < -0.4 is 20.3 Å². The second-order valence-electron chi connectivity index (χ2n) is 10.00. The zero-order chi connectivity index (χ0) is 24.2. The number of rotatable bonds is 8. The first-order valence-electron chi connectivity index (χ1n) is 12.2. The van der Waals surface area contributed by atoms with Gasteiger partial charge in [-0.3, -0.25) is 0 Å². The smallest absolute Gasteiger partial charge is 0.367 e. The molecule has 1 aromatic rings. The summed E-state index contributed by atoms with van der Waals surface area (Å²) in [5.41, 5.74) is 0. The lowest BCUT2D eigenvalue weighted by Gasteiger charge is -2.34. The van der Waals surface area contributed by atoms with Crippen LogP contribution in [0.3, 0.4) is 0 Å². The molecular weight excluding hydrogens is 460 g/mol. The number of nitrogens with one attached hydrogen (secondary N) is 1. The summed E-state index contributed by atoms with van der Waals surface area (Å²) >= 11 is 0. The van der Waals surface area contributed by atoms with E-state index in [2.05, 4.69) is 15.1 Å². The zero-order valence-electron chi connectivity index (χ0n) is 20.4. The number of aromatic nitrogens is 3. The van der Waals surface area contributed by atoms with Crippen molar-refractivity contribution >= 4 is 28.1 Å². The number of hydrogen-bond donors (Lipinski definition) is 2. The monoisotopic (exact) mass is 499 g/mol. The van der Waals surface area contributed by atoms with Gasteiger partial charge < -0.3 is 24.6 Å². The lowest BCUT2D eigenvalue weighted by molar-refractivity contribution is -0.767.